The Morgan fingerprint density at radius 2 is 1.93 bits per heavy atom. The Morgan fingerprint density at radius 3 is 2.47 bits per heavy atom. The van der Waals surface area contributed by atoms with Crippen molar-refractivity contribution in [2.24, 2.45) is 0 Å². The van der Waals surface area contributed by atoms with Gasteiger partial charge in [-0.2, -0.15) is 0 Å². The highest BCUT2D eigenvalue weighted by Gasteiger charge is 2.09. The minimum Gasteiger partial charge on any atom is -0.508 e. The third-order valence-electron chi connectivity index (χ3n) is 2.05. The summed E-state index contributed by atoms with van der Waals surface area (Å²) in [6.45, 7) is 1.61. The third kappa shape index (κ3) is 1.99. The minimum atomic E-state index is -0.664. The van der Waals surface area contributed by atoms with Gasteiger partial charge in [-0.05, 0) is 31.2 Å². The number of aromatic hydroxyl groups is 1. The monoisotopic (exact) mass is 205 g/mol. The van der Waals surface area contributed by atoms with Crippen molar-refractivity contribution in [3.63, 3.8) is 0 Å². The third-order valence-corrected chi connectivity index (χ3v) is 2.05. The number of oxazole rings is 1. The van der Waals surface area contributed by atoms with Crippen molar-refractivity contribution >= 4 is 0 Å². The van der Waals surface area contributed by atoms with Gasteiger partial charge >= 0.3 is 0 Å². The van der Waals surface area contributed by atoms with Crippen molar-refractivity contribution < 1.29 is 14.6 Å². The first-order valence-electron chi connectivity index (χ1n) is 4.60. The van der Waals surface area contributed by atoms with E-state index in [9.17, 15) is 5.11 Å². The van der Waals surface area contributed by atoms with Gasteiger partial charge in [0.25, 0.3) is 0 Å². The first-order valence-corrected chi connectivity index (χ1v) is 4.60. The van der Waals surface area contributed by atoms with Crippen LogP contribution in [0.15, 0.2) is 34.9 Å². The summed E-state index contributed by atoms with van der Waals surface area (Å²) in [5.74, 6) is 1.06. The number of phenolic OH excluding ortho intramolecular Hbond substituents is 1. The molecule has 78 valence electrons. The Hall–Kier alpha value is -1.81. The van der Waals surface area contributed by atoms with Crippen LogP contribution in [0.3, 0.4) is 0 Å². The van der Waals surface area contributed by atoms with Gasteiger partial charge in [0.05, 0.1) is 6.20 Å². The maximum absolute atomic E-state index is 9.25. The van der Waals surface area contributed by atoms with Crippen LogP contribution in [0.2, 0.25) is 0 Å². The van der Waals surface area contributed by atoms with Crippen LogP contribution in [0, 0.1) is 0 Å². The van der Waals surface area contributed by atoms with E-state index in [2.05, 4.69) is 4.98 Å². The van der Waals surface area contributed by atoms with E-state index in [0.717, 1.165) is 5.56 Å². The fourth-order valence-electron chi connectivity index (χ4n) is 1.22. The van der Waals surface area contributed by atoms with E-state index in [1.165, 1.54) is 6.20 Å². The highest BCUT2D eigenvalue weighted by Crippen LogP contribution is 2.23. The van der Waals surface area contributed by atoms with Crippen molar-refractivity contribution in [1.82, 2.24) is 4.98 Å². The predicted molar refractivity (Wildman–Crippen MR) is 54.2 cm³/mol. The highest BCUT2D eigenvalue weighted by atomic mass is 16.4. The van der Waals surface area contributed by atoms with Crippen LogP contribution in [-0.2, 0) is 0 Å². The molecule has 0 aliphatic heterocycles. The van der Waals surface area contributed by atoms with Gasteiger partial charge in [-0.15, -0.1) is 0 Å². The average molecular weight is 205 g/mol. The van der Waals surface area contributed by atoms with E-state index in [1.54, 1.807) is 31.2 Å². The topological polar surface area (TPSA) is 66.5 Å². The molecule has 0 bridgehead atoms. The van der Waals surface area contributed by atoms with Gasteiger partial charge in [0.2, 0.25) is 5.89 Å². The summed E-state index contributed by atoms with van der Waals surface area (Å²) in [4.78, 5) is 4.03. The molecule has 1 unspecified atom stereocenters. The van der Waals surface area contributed by atoms with Gasteiger partial charge in [-0.25, -0.2) is 4.98 Å². The molecule has 1 aromatic carbocycles. The fraction of sp³-hybridized carbons (Fsp3) is 0.182. The smallest absolute Gasteiger partial charge is 0.226 e. The van der Waals surface area contributed by atoms with E-state index in [4.69, 9.17) is 9.52 Å². The number of aliphatic hydroxyl groups is 1. The summed E-state index contributed by atoms with van der Waals surface area (Å²) < 4.78 is 5.33. The molecule has 0 amide bonds. The first-order chi connectivity index (χ1) is 7.16. The molecule has 2 aromatic rings. The lowest BCUT2D eigenvalue weighted by molar-refractivity contribution is 0.170. The fourth-order valence-corrected chi connectivity index (χ4v) is 1.22. The van der Waals surface area contributed by atoms with E-state index < -0.39 is 6.10 Å². The summed E-state index contributed by atoms with van der Waals surface area (Å²) in [5.41, 5.74) is 0.764. The number of benzene rings is 1. The maximum atomic E-state index is 9.25. The lowest BCUT2D eigenvalue weighted by Crippen LogP contribution is -1.85. The van der Waals surface area contributed by atoms with Gasteiger partial charge in [0.1, 0.15) is 11.9 Å². The Bertz CT molecular complexity index is 445. The van der Waals surface area contributed by atoms with Crippen LogP contribution in [0.1, 0.15) is 18.8 Å². The zero-order valence-electron chi connectivity index (χ0n) is 8.21. The van der Waals surface area contributed by atoms with Crippen LogP contribution in [0.5, 0.6) is 5.75 Å². The van der Waals surface area contributed by atoms with Crippen molar-refractivity contribution in [3.8, 4) is 17.2 Å². The largest absolute Gasteiger partial charge is 0.508 e. The summed E-state index contributed by atoms with van der Waals surface area (Å²) in [6.07, 6.45) is 0.829. The van der Waals surface area contributed by atoms with Crippen molar-refractivity contribution in [2.75, 3.05) is 0 Å². The summed E-state index contributed by atoms with van der Waals surface area (Å²) in [6, 6.07) is 6.52. The molecule has 1 aromatic heterocycles. The number of aliphatic hydroxyl groups excluding tert-OH is 1. The molecule has 2 rings (SSSR count). The number of hydrogen-bond acceptors (Lipinski definition) is 4. The van der Waals surface area contributed by atoms with Gasteiger partial charge in [-0.1, -0.05) is 0 Å². The molecule has 0 aliphatic carbocycles. The van der Waals surface area contributed by atoms with Crippen molar-refractivity contribution in [2.45, 2.75) is 13.0 Å². The first kappa shape index (κ1) is 9.73. The highest BCUT2D eigenvalue weighted by molar-refractivity contribution is 5.54. The molecular formula is C11H11NO3. The average Bonchev–Trinajstić information content (AvgIpc) is 2.68. The Balaban J connectivity index is 2.33. The molecule has 15 heavy (non-hydrogen) atoms. The number of phenols is 1. The lowest BCUT2D eigenvalue weighted by Gasteiger charge is -1.97. The summed E-state index contributed by atoms with van der Waals surface area (Å²) in [7, 11) is 0. The molecule has 4 nitrogen and oxygen atoms in total. The molecule has 1 atom stereocenters. The molecule has 0 fully saturated rings. The summed E-state index contributed by atoms with van der Waals surface area (Å²) >= 11 is 0. The van der Waals surface area contributed by atoms with Gasteiger partial charge in [0, 0.05) is 5.56 Å². The quantitative estimate of drug-likeness (QED) is 0.787. The second-order valence-corrected chi connectivity index (χ2v) is 3.29. The number of rotatable bonds is 2. The molecule has 1 heterocycles. The zero-order chi connectivity index (χ0) is 10.8. The Labute approximate surface area is 86.8 Å². The molecule has 0 saturated carbocycles. The summed E-state index contributed by atoms with van der Waals surface area (Å²) in [5, 5.41) is 18.4. The Kier molecular flexibility index (Phi) is 2.43. The number of hydrogen-bond donors (Lipinski definition) is 2. The van der Waals surface area contributed by atoms with Crippen molar-refractivity contribution in [3.05, 3.63) is 36.2 Å². The van der Waals surface area contributed by atoms with E-state index in [-0.39, 0.29) is 5.75 Å². The normalized spacial score (nSPS) is 12.7. The molecule has 0 saturated heterocycles. The predicted octanol–water partition coefficient (Wildman–Crippen LogP) is 2.10. The second-order valence-electron chi connectivity index (χ2n) is 3.29. The number of aromatic nitrogens is 1. The van der Waals surface area contributed by atoms with E-state index >= 15 is 0 Å². The second kappa shape index (κ2) is 3.74. The van der Waals surface area contributed by atoms with Crippen LogP contribution in [0.4, 0.5) is 0 Å². The minimum absolute atomic E-state index is 0.195. The molecule has 0 radical (unpaired) electrons. The maximum Gasteiger partial charge on any atom is 0.226 e. The Morgan fingerprint density at radius 1 is 1.27 bits per heavy atom. The van der Waals surface area contributed by atoms with Gasteiger partial charge < -0.3 is 14.6 Å². The van der Waals surface area contributed by atoms with Crippen LogP contribution < -0.4 is 0 Å². The van der Waals surface area contributed by atoms with E-state index in [1.807, 2.05) is 0 Å². The SMILES string of the molecule is CC(O)c1cnc(-c2ccc(O)cc2)o1. The number of nitrogens with zero attached hydrogens (tertiary/aromatic N) is 1. The molecular weight excluding hydrogens is 194 g/mol. The molecule has 2 N–H and O–H groups in total. The van der Waals surface area contributed by atoms with Crippen LogP contribution in [0.25, 0.3) is 11.5 Å². The van der Waals surface area contributed by atoms with Crippen molar-refractivity contribution in [1.29, 1.82) is 0 Å². The molecule has 4 heteroatoms. The molecule has 0 aliphatic rings. The van der Waals surface area contributed by atoms with Crippen LogP contribution in [-0.4, -0.2) is 15.2 Å². The standard InChI is InChI=1S/C11H11NO3/c1-7(13)10-6-12-11(15-10)8-2-4-9(14)5-3-8/h2-7,13-14H,1H3. The van der Waals surface area contributed by atoms with Crippen LogP contribution >= 0.6 is 0 Å². The molecule has 0 spiro atoms. The lowest BCUT2D eigenvalue weighted by atomic mass is 10.2. The zero-order valence-corrected chi connectivity index (χ0v) is 8.21. The van der Waals surface area contributed by atoms with Gasteiger partial charge in [0.15, 0.2) is 5.76 Å². The van der Waals surface area contributed by atoms with Gasteiger partial charge in [-0.3, -0.25) is 0 Å². The van der Waals surface area contributed by atoms with E-state index in [0.29, 0.717) is 11.7 Å².